The predicted molar refractivity (Wildman–Crippen MR) is 65.5 cm³/mol. The number of hydrogen-bond acceptors (Lipinski definition) is 1. The van der Waals surface area contributed by atoms with Gasteiger partial charge in [-0.15, -0.1) is 0 Å². The van der Waals surface area contributed by atoms with Crippen molar-refractivity contribution in [3.05, 3.63) is 35.9 Å². The number of carboxylic acids is 1. The number of carbonyl (C=O) groups is 1. The maximum absolute atomic E-state index is 11.3. The van der Waals surface area contributed by atoms with Gasteiger partial charge in [-0.05, 0) is 17.9 Å². The van der Waals surface area contributed by atoms with E-state index in [2.05, 4.69) is 13.8 Å². The zero-order chi connectivity index (χ0) is 12.0. The molecule has 1 aromatic rings. The molecule has 0 fully saturated rings. The molecule has 1 aromatic carbocycles. The van der Waals surface area contributed by atoms with Gasteiger partial charge in [-0.25, -0.2) is 0 Å². The van der Waals surface area contributed by atoms with Crippen molar-refractivity contribution in [1.29, 1.82) is 0 Å². The van der Waals surface area contributed by atoms with Crippen molar-refractivity contribution in [3.63, 3.8) is 0 Å². The lowest BCUT2D eigenvalue weighted by molar-refractivity contribution is -0.139. The highest BCUT2D eigenvalue weighted by Gasteiger charge is 2.22. The Morgan fingerprint density at radius 2 is 1.75 bits per heavy atom. The molecule has 0 aromatic heterocycles. The van der Waals surface area contributed by atoms with Crippen LogP contribution in [0.15, 0.2) is 30.3 Å². The lowest BCUT2D eigenvalue weighted by Gasteiger charge is -2.18. The van der Waals surface area contributed by atoms with Crippen LogP contribution in [-0.2, 0) is 4.79 Å². The monoisotopic (exact) mass is 220 g/mol. The van der Waals surface area contributed by atoms with Gasteiger partial charge >= 0.3 is 5.97 Å². The molecule has 0 saturated heterocycles. The number of rotatable bonds is 6. The highest BCUT2D eigenvalue weighted by atomic mass is 16.4. The fourth-order valence-electron chi connectivity index (χ4n) is 2.02. The maximum atomic E-state index is 11.3. The van der Waals surface area contributed by atoms with Crippen LogP contribution in [0.3, 0.4) is 0 Å². The second-order valence-corrected chi connectivity index (χ2v) is 4.22. The minimum atomic E-state index is -0.710. The normalized spacial score (nSPS) is 12.7. The molecule has 0 aliphatic rings. The third kappa shape index (κ3) is 3.37. The molecule has 2 heteroatoms. The van der Waals surface area contributed by atoms with E-state index in [-0.39, 0.29) is 5.92 Å². The zero-order valence-corrected chi connectivity index (χ0v) is 10.0. The largest absolute Gasteiger partial charge is 0.481 e. The van der Waals surface area contributed by atoms with Crippen LogP contribution < -0.4 is 0 Å². The Kier molecular flexibility index (Phi) is 5.03. The first-order valence-electron chi connectivity index (χ1n) is 5.96. The van der Waals surface area contributed by atoms with Crippen LogP contribution in [0.4, 0.5) is 0 Å². The second-order valence-electron chi connectivity index (χ2n) is 4.22. The van der Waals surface area contributed by atoms with E-state index >= 15 is 0 Å². The van der Waals surface area contributed by atoms with Crippen molar-refractivity contribution < 1.29 is 9.90 Å². The molecule has 1 unspecified atom stereocenters. The fourth-order valence-corrected chi connectivity index (χ4v) is 2.02. The summed E-state index contributed by atoms with van der Waals surface area (Å²) in [4.78, 5) is 11.3. The molecule has 0 heterocycles. The van der Waals surface area contributed by atoms with Gasteiger partial charge in [0.2, 0.25) is 0 Å². The van der Waals surface area contributed by atoms with E-state index < -0.39 is 5.97 Å². The van der Waals surface area contributed by atoms with Gasteiger partial charge in [0.1, 0.15) is 0 Å². The first-order chi connectivity index (χ1) is 7.69. The van der Waals surface area contributed by atoms with Gasteiger partial charge < -0.3 is 5.11 Å². The van der Waals surface area contributed by atoms with Gasteiger partial charge in [-0.3, -0.25) is 4.79 Å². The molecule has 0 spiro atoms. The van der Waals surface area contributed by atoms with Crippen molar-refractivity contribution in [2.75, 3.05) is 0 Å². The molecule has 0 aliphatic heterocycles. The van der Waals surface area contributed by atoms with Crippen LogP contribution in [0.25, 0.3) is 0 Å². The van der Waals surface area contributed by atoms with Crippen molar-refractivity contribution in [2.45, 2.75) is 39.0 Å². The van der Waals surface area contributed by atoms with Crippen molar-refractivity contribution in [2.24, 2.45) is 5.92 Å². The van der Waals surface area contributed by atoms with E-state index in [0.29, 0.717) is 5.92 Å². The highest BCUT2D eigenvalue weighted by molar-refractivity contribution is 5.76. The average Bonchev–Trinajstić information content (AvgIpc) is 2.31. The van der Waals surface area contributed by atoms with Gasteiger partial charge in [0.15, 0.2) is 0 Å². The number of hydrogen-bond donors (Lipinski definition) is 1. The summed E-state index contributed by atoms with van der Waals surface area (Å²) in [7, 11) is 0. The van der Waals surface area contributed by atoms with Crippen LogP contribution in [0.5, 0.6) is 0 Å². The van der Waals surface area contributed by atoms with Crippen molar-refractivity contribution >= 4 is 5.97 Å². The third-order valence-corrected chi connectivity index (χ3v) is 3.22. The Morgan fingerprint density at radius 3 is 2.19 bits per heavy atom. The quantitative estimate of drug-likeness (QED) is 0.794. The molecular formula is C14H20O2. The molecule has 1 rings (SSSR count). The van der Waals surface area contributed by atoms with Gasteiger partial charge in [-0.1, -0.05) is 57.0 Å². The summed E-state index contributed by atoms with van der Waals surface area (Å²) in [6.07, 6.45) is 2.84. The first kappa shape index (κ1) is 12.8. The van der Waals surface area contributed by atoms with Crippen molar-refractivity contribution in [3.8, 4) is 0 Å². The average molecular weight is 220 g/mol. The topological polar surface area (TPSA) is 37.3 Å². The van der Waals surface area contributed by atoms with E-state index in [4.69, 9.17) is 0 Å². The van der Waals surface area contributed by atoms with Crippen LogP contribution in [-0.4, -0.2) is 11.1 Å². The molecule has 0 amide bonds. The van der Waals surface area contributed by atoms with Crippen LogP contribution in [0.1, 0.15) is 44.6 Å². The Bertz CT molecular complexity index is 315. The first-order valence-corrected chi connectivity index (χ1v) is 5.96. The minimum absolute atomic E-state index is 0.355. The molecule has 16 heavy (non-hydrogen) atoms. The van der Waals surface area contributed by atoms with Gasteiger partial charge in [-0.2, -0.15) is 0 Å². The number of benzene rings is 1. The lowest BCUT2D eigenvalue weighted by atomic mass is 9.86. The van der Waals surface area contributed by atoms with E-state index in [1.807, 2.05) is 30.3 Å². The Morgan fingerprint density at radius 1 is 1.19 bits per heavy atom. The van der Waals surface area contributed by atoms with Crippen molar-refractivity contribution in [1.82, 2.24) is 0 Å². The summed E-state index contributed by atoms with van der Waals surface area (Å²) in [5.41, 5.74) is 0.918. The van der Waals surface area contributed by atoms with E-state index in [9.17, 15) is 9.90 Å². The predicted octanol–water partition coefficient (Wildman–Crippen LogP) is 3.68. The second kappa shape index (κ2) is 6.31. The van der Waals surface area contributed by atoms with Gasteiger partial charge in [0.25, 0.3) is 0 Å². The maximum Gasteiger partial charge on any atom is 0.310 e. The van der Waals surface area contributed by atoms with Crippen LogP contribution in [0, 0.1) is 5.92 Å². The van der Waals surface area contributed by atoms with E-state index in [1.165, 1.54) is 0 Å². The molecule has 0 saturated carbocycles. The molecule has 88 valence electrons. The molecule has 0 bridgehead atoms. The molecular weight excluding hydrogens is 200 g/mol. The Hall–Kier alpha value is -1.31. The number of carboxylic acid groups (broad SMARTS) is 1. The summed E-state index contributed by atoms with van der Waals surface area (Å²) in [6, 6.07) is 9.53. The van der Waals surface area contributed by atoms with Gasteiger partial charge in [0, 0.05) is 0 Å². The fraction of sp³-hybridized carbons (Fsp3) is 0.500. The molecule has 2 nitrogen and oxygen atoms in total. The standard InChI is InChI=1S/C14H20O2/c1-3-11(4-2)10-13(14(15)16)12-8-6-5-7-9-12/h5-9,11,13H,3-4,10H2,1-2H3,(H,15,16). The molecule has 1 N–H and O–H groups in total. The summed E-state index contributed by atoms with van der Waals surface area (Å²) in [6.45, 7) is 4.25. The molecule has 0 aliphatic carbocycles. The van der Waals surface area contributed by atoms with Crippen LogP contribution >= 0.6 is 0 Å². The Labute approximate surface area is 97.3 Å². The zero-order valence-electron chi connectivity index (χ0n) is 10.0. The minimum Gasteiger partial charge on any atom is -0.481 e. The van der Waals surface area contributed by atoms with Gasteiger partial charge in [0.05, 0.1) is 5.92 Å². The smallest absolute Gasteiger partial charge is 0.310 e. The molecule has 1 atom stereocenters. The SMILES string of the molecule is CCC(CC)CC(C(=O)O)c1ccccc1. The Balaban J connectivity index is 2.80. The van der Waals surface area contributed by atoms with E-state index in [0.717, 1.165) is 24.8 Å². The molecule has 0 radical (unpaired) electrons. The highest BCUT2D eigenvalue weighted by Crippen LogP contribution is 2.27. The van der Waals surface area contributed by atoms with Crippen LogP contribution in [0.2, 0.25) is 0 Å². The lowest BCUT2D eigenvalue weighted by Crippen LogP contribution is -2.15. The third-order valence-electron chi connectivity index (χ3n) is 3.22. The number of aliphatic carboxylic acids is 1. The summed E-state index contributed by atoms with van der Waals surface area (Å²) in [5.74, 6) is -0.564. The van der Waals surface area contributed by atoms with E-state index in [1.54, 1.807) is 0 Å². The summed E-state index contributed by atoms with van der Waals surface area (Å²) >= 11 is 0. The summed E-state index contributed by atoms with van der Waals surface area (Å²) < 4.78 is 0. The summed E-state index contributed by atoms with van der Waals surface area (Å²) in [5, 5.41) is 9.27.